The summed E-state index contributed by atoms with van der Waals surface area (Å²) in [4.78, 5) is 0. The minimum atomic E-state index is 0. The van der Waals surface area contributed by atoms with Crippen LogP contribution in [-0.2, 0) is 0 Å². The van der Waals surface area contributed by atoms with Gasteiger partial charge in [-0.15, -0.1) is 50.9 Å². The number of halogens is 3. The molecule has 0 aliphatic carbocycles. The zero-order chi connectivity index (χ0) is 0. The van der Waals surface area contributed by atoms with E-state index in [0.29, 0.717) is 0 Å². The van der Waals surface area contributed by atoms with Crippen LogP contribution in [0.3, 0.4) is 0 Å². The molecule has 0 atom stereocenters. The Hall–Kier alpha value is 2.44. The van der Waals surface area contributed by atoms with Crippen molar-refractivity contribution in [3.63, 3.8) is 0 Å². The number of rotatable bonds is 0. The summed E-state index contributed by atoms with van der Waals surface area (Å²) in [5.41, 5.74) is 0. The van der Waals surface area contributed by atoms with Crippen molar-refractivity contribution in [2.24, 2.45) is 0 Å². The molecule has 0 unspecified atom stereocenters. The second-order valence-corrected chi connectivity index (χ2v) is 0. The second-order valence-electron chi connectivity index (χ2n) is 0. The summed E-state index contributed by atoms with van der Waals surface area (Å²) in [5, 5.41) is 0. The molecule has 0 N–H and O–H groups in total. The summed E-state index contributed by atoms with van der Waals surface area (Å²) in [5.74, 6) is 0. The van der Waals surface area contributed by atoms with Crippen molar-refractivity contribution < 1.29 is 0 Å². The average Bonchev–Trinajstić information content (AvgIpc) is 0. The van der Waals surface area contributed by atoms with E-state index in [2.05, 4.69) is 0 Å². The maximum absolute atomic E-state index is 0. The summed E-state index contributed by atoms with van der Waals surface area (Å²) < 4.78 is 0. The van der Waals surface area contributed by atoms with Crippen molar-refractivity contribution in [1.29, 1.82) is 0 Å². The summed E-state index contributed by atoms with van der Waals surface area (Å²) in [7, 11) is 0. The molecule has 0 fully saturated rings. The van der Waals surface area contributed by atoms with Gasteiger partial charge in [-0.05, 0) is 0 Å². The van der Waals surface area contributed by atoms with E-state index in [1.807, 2.05) is 0 Å². The molecular weight excluding hydrogens is 263 g/mol. The molecule has 0 aliphatic rings. The van der Waals surface area contributed by atoms with Gasteiger partial charge in [-0.3, -0.25) is 0 Å². The number of hydrogen-bond donors (Lipinski definition) is 0. The molecule has 0 rings (SSSR count). The van der Waals surface area contributed by atoms with Gasteiger partial charge in [-0.1, -0.05) is 0 Å². The normalized spacial score (nSPS) is 0. The fourth-order valence-electron chi connectivity index (χ4n) is 0. The Morgan fingerprint density at radius 1 is 0.500 bits per heavy atom. The van der Waals surface area contributed by atoms with Gasteiger partial charge in [0.15, 0.2) is 0 Å². The summed E-state index contributed by atoms with van der Waals surface area (Å²) in [6.45, 7) is 0. The number of hydrogen-bond acceptors (Lipinski definition) is 0. The topological polar surface area (TPSA) is 0 Å². The van der Waals surface area contributed by atoms with E-state index in [1.165, 1.54) is 0 Å². The molecule has 0 spiro atoms. The van der Waals surface area contributed by atoms with Gasteiger partial charge in [0.25, 0.3) is 0 Å². The third-order valence-electron chi connectivity index (χ3n) is 0. The third-order valence-corrected chi connectivity index (χ3v) is 0. The molecule has 0 saturated heterocycles. The van der Waals surface area contributed by atoms with Crippen LogP contribution in [0.5, 0.6) is 0 Å². The van der Waals surface area contributed by atoms with E-state index in [0.717, 1.165) is 0 Å². The monoisotopic (exact) mass is 264 g/mol. The predicted octanol–water partition coefficient (Wildman–Crippen LogP) is 1.09. The fraction of sp³-hybridized carbons (Fsp3) is 0. The zero-order valence-electron chi connectivity index (χ0n) is 1.22. The molecule has 0 amide bonds. The molecule has 0 aromatic rings. The fourth-order valence-corrected chi connectivity index (χ4v) is 0. The predicted molar refractivity (Wildman–Crippen MR) is 38.1 cm³/mol. The minimum absolute atomic E-state index is 0. The Morgan fingerprint density at radius 3 is 0.500 bits per heavy atom. The Labute approximate surface area is 79.3 Å². The zero-order valence-corrected chi connectivity index (χ0v) is 6.36. The first-order valence-corrected chi connectivity index (χ1v) is 0. The van der Waals surface area contributed by atoms with Gasteiger partial charge in [0, 0.05) is 0 Å². The first-order chi connectivity index (χ1) is 0. The molecular formula is H4Br3Na. The van der Waals surface area contributed by atoms with Crippen LogP contribution in [-0.4, -0.2) is 29.6 Å². The van der Waals surface area contributed by atoms with E-state index in [-0.39, 0.29) is 80.5 Å². The molecule has 26 valence electrons. The molecule has 4 heteroatoms. The average molecular weight is 267 g/mol. The van der Waals surface area contributed by atoms with Gasteiger partial charge < -0.3 is 0 Å². The van der Waals surface area contributed by atoms with E-state index >= 15 is 0 Å². The van der Waals surface area contributed by atoms with Crippen molar-refractivity contribution in [1.82, 2.24) is 0 Å². The Kier molecular flexibility index (Phi) is 144. The third kappa shape index (κ3) is 8.83. The summed E-state index contributed by atoms with van der Waals surface area (Å²) >= 11 is 0. The molecule has 0 radical (unpaired) electrons. The van der Waals surface area contributed by atoms with Gasteiger partial charge in [0.05, 0.1) is 0 Å². The first kappa shape index (κ1) is 32.0. The Balaban J connectivity index is 0. The van der Waals surface area contributed by atoms with E-state index in [9.17, 15) is 0 Å². The molecule has 0 aliphatic heterocycles. The van der Waals surface area contributed by atoms with Crippen molar-refractivity contribution in [3.05, 3.63) is 0 Å². The van der Waals surface area contributed by atoms with Crippen LogP contribution >= 0.6 is 50.9 Å². The van der Waals surface area contributed by atoms with Crippen LogP contribution in [0.1, 0.15) is 0 Å². The van der Waals surface area contributed by atoms with Crippen molar-refractivity contribution in [3.8, 4) is 0 Å². The SMILES string of the molecule is Br.Br.Br.[NaH]. The van der Waals surface area contributed by atoms with Gasteiger partial charge in [-0.25, -0.2) is 0 Å². The van der Waals surface area contributed by atoms with E-state index in [4.69, 9.17) is 0 Å². The van der Waals surface area contributed by atoms with Gasteiger partial charge in [-0.2, -0.15) is 0 Å². The molecule has 0 heterocycles. The maximum atomic E-state index is 0. The van der Waals surface area contributed by atoms with Gasteiger partial charge in [0.2, 0.25) is 0 Å². The molecule has 0 aromatic carbocycles. The van der Waals surface area contributed by atoms with Crippen LogP contribution in [0.25, 0.3) is 0 Å². The quantitative estimate of drug-likeness (QED) is 0.576. The van der Waals surface area contributed by atoms with E-state index in [1.54, 1.807) is 0 Å². The molecule has 4 heavy (non-hydrogen) atoms. The van der Waals surface area contributed by atoms with Crippen LogP contribution in [0.15, 0.2) is 0 Å². The van der Waals surface area contributed by atoms with Crippen molar-refractivity contribution in [2.45, 2.75) is 0 Å². The van der Waals surface area contributed by atoms with Gasteiger partial charge in [0.1, 0.15) is 0 Å². The van der Waals surface area contributed by atoms with Crippen LogP contribution < -0.4 is 0 Å². The molecule has 0 nitrogen and oxygen atoms in total. The van der Waals surface area contributed by atoms with Crippen molar-refractivity contribution >= 4 is 80.5 Å². The summed E-state index contributed by atoms with van der Waals surface area (Å²) in [6.07, 6.45) is 0. The standard InChI is InChI=1S/3BrH.Na.H/h3*1H;;. The molecule has 0 saturated carbocycles. The second kappa shape index (κ2) is 18.0. The molecule has 0 aromatic heterocycles. The molecule has 0 bridgehead atoms. The van der Waals surface area contributed by atoms with Gasteiger partial charge >= 0.3 is 29.6 Å². The van der Waals surface area contributed by atoms with Crippen LogP contribution in [0, 0.1) is 0 Å². The van der Waals surface area contributed by atoms with Crippen LogP contribution in [0.2, 0.25) is 0 Å². The Morgan fingerprint density at radius 2 is 0.500 bits per heavy atom. The first-order valence-electron chi connectivity index (χ1n) is 0. The van der Waals surface area contributed by atoms with Crippen molar-refractivity contribution in [2.75, 3.05) is 0 Å². The van der Waals surface area contributed by atoms with Crippen LogP contribution in [0.4, 0.5) is 0 Å². The summed E-state index contributed by atoms with van der Waals surface area (Å²) in [6, 6.07) is 0. The Bertz CT molecular complexity index is 3.25. The van der Waals surface area contributed by atoms with E-state index < -0.39 is 0 Å².